The van der Waals surface area contributed by atoms with Crippen molar-refractivity contribution >= 4 is 62.6 Å². The van der Waals surface area contributed by atoms with Crippen molar-refractivity contribution < 1.29 is 75.5 Å². The van der Waals surface area contributed by atoms with Gasteiger partial charge < -0.3 is 9.97 Å². The molecule has 4 rings (SSSR count). The van der Waals surface area contributed by atoms with Crippen LogP contribution in [-0.2, 0) is 0 Å². The molecule has 0 saturated carbocycles. The number of hydrogen-bond acceptors (Lipinski definition) is 6. The Morgan fingerprint density at radius 2 is 1.32 bits per heavy atom. The maximum absolute atomic E-state index is 4.20. The second-order valence-electron chi connectivity index (χ2n) is 4.00. The normalized spacial score (nSPS) is 9.12. The molecule has 0 bridgehead atoms. The van der Waals surface area contributed by atoms with Gasteiger partial charge in [0.25, 0.3) is 0 Å². The molecule has 0 saturated heterocycles. The molecule has 0 aliphatic rings. The second kappa shape index (κ2) is 14.0. The number of aromatic nitrogens is 6. The third kappa shape index (κ3) is 7.12. The number of thioether (sulfide) groups is 1. The Kier molecular flexibility index (Phi) is 14.5. The standard InChI is InChI=1S/C7H7N3S.C6H4BrN3.CH4S.2Ar/c1-11-5-4-10-7-6(5)8-2-3-9-7;7-4-3-10-6-5(4)8-1-2-9-6;1-2;;/h2-4H,1H3,(H,9,10);1-3H,(H,9,10);2H,1H3;;. The van der Waals surface area contributed by atoms with Crippen molar-refractivity contribution in [1.82, 2.24) is 29.9 Å². The van der Waals surface area contributed by atoms with E-state index in [0.717, 1.165) is 31.7 Å². The smallest absolute Gasteiger partial charge is 0.157 e. The van der Waals surface area contributed by atoms with Gasteiger partial charge in [0.1, 0.15) is 11.0 Å². The molecule has 0 spiro atoms. The van der Waals surface area contributed by atoms with Gasteiger partial charge in [0.05, 0.1) is 9.37 Å². The fourth-order valence-corrected chi connectivity index (χ4v) is 2.72. The van der Waals surface area contributed by atoms with Crippen LogP contribution in [0.1, 0.15) is 0 Å². The van der Waals surface area contributed by atoms with E-state index >= 15 is 0 Å². The zero-order valence-electron chi connectivity index (χ0n) is 13.2. The molecule has 4 aromatic heterocycles. The Hall–Kier alpha value is 0.939. The molecular weight excluding hydrogens is 476 g/mol. The summed E-state index contributed by atoms with van der Waals surface area (Å²) < 4.78 is 0.954. The average molecular weight is 491 g/mol. The van der Waals surface area contributed by atoms with E-state index in [1.807, 2.05) is 18.6 Å². The number of nitrogens with zero attached hydrogens (tertiary/aromatic N) is 4. The van der Waals surface area contributed by atoms with Gasteiger partial charge in [-0.3, -0.25) is 9.97 Å². The summed E-state index contributed by atoms with van der Waals surface area (Å²) in [4.78, 5) is 23.6. The van der Waals surface area contributed by atoms with E-state index in [1.165, 1.54) is 0 Å². The molecule has 6 nitrogen and oxygen atoms in total. The molecule has 11 heteroatoms. The van der Waals surface area contributed by atoms with Crippen molar-refractivity contribution in [1.29, 1.82) is 0 Å². The minimum atomic E-state index is 0. The summed E-state index contributed by atoms with van der Waals surface area (Å²) >= 11 is 8.53. The second-order valence-corrected chi connectivity index (χ2v) is 5.70. The van der Waals surface area contributed by atoms with Crippen molar-refractivity contribution in [3.8, 4) is 0 Å². The van der Waals surface area contributed by atoms with Crippen LogP contribution in [0, 0.1) is 75.5 Å². The maximum atomic E-state index is 4.20. The molecule has 136 valence electrons. The van der Waals surface area contributed by atoms with Crippen LogP contribution in [0.25, 0.3) is 22.3 Å². The summed E-state index contributed by atoms with van der Waals surface area (Å²) in [5.41, 5.74) is 3.51. The van der Waals surface area contributed by atoms with Gasteiger partial charge >= 0.3 is 0 Å². The van der Waals surface area contributed by atoms with Crippen molar-refractivity contribution in [2.75, 3.05) is 12.5 Å². The van der Waals surface area contributed by atoms with Crippen LogP contribution < -0.4 is 0 Å². The molecule has 2 N–H and O–H groups in total. The molecule has 0 aliphatic carbocycles. The minimum Gasteiger partial charge on any atom is -0.344 e. The Morgan fingerprint density at radius 1 is 0.840 bits per heavy atom. The van der Waals surface area contributed by atoms with E-state index in [9.17, 15) is 0 Å². The van der Waals surface area contributed by atoms with Crippen molar-refractivity contribution in [2.45, 2.75) is 4.90 Å². The Morgan fingerprint density at radius 3 is 1.88 bits per heavy atom. The average Bonchev–Trinajstić information content (AvgIpc) is 3.21. The number of halogens is 1. The first-order valence-corrected chi connectivity index (χ1v) is 9.41. The van der Waals surface area contributed by atoms with Gasteiger partial charge in [0.15, 0.2) is 11.3 Å². The summed E-state index contributed by atoms with van der Waals surface area (Å²) in [5.74, 6) is 0. The van der Waals surface area contributed by atoms with Gasteiger partial charge in [0.2, 0.25) is 0 Å². The predicted octanol–water partition coefficient (Wildman–Crippen LogP) is 3.95. The van der Waals surface area contributed by atoms with Crippen LogP contribution in [0.15, 0.2) is 46.5 Å². The summed E-state index contributed by atoms with van der Waals surface area (Å²) in [7, 11) is 0. The van der Waals surface area contributed by atoms with Crippen LogP contribution in [0.5, 0.6) is 0 Å². The SMILES string of the molecule is Brc1c[nH]c2nccnc12.CS.CSc1c[nH]c2nccnc12.[Ar].[Ar]. The van der Waals surface area contributed by atoms with E-state index in [4.69, 9.17) is 0 Å². The van der Waals surface area contributed by atoms with Crippen LogP contribution in [0.3, 0.4) is 0 Å². The van der Waals surface area contributed by atoms with Crippen molar-refractivity contribution in [3.05, 3.63) is 41.7 Å². The third-order valence-corrected chi connectivity index (χ3v) is 4.11. The van der Waals surface area contributed by atoms with Crippen LogP contribution in [-0.4, -0.2) is 42.4 Å². The van der Waals surface area contributed by atoms with E-state index in [-0.39, 0.29) is 75.5 Å². The first kappa shape index (κ1) is 25.9. The van der Waals surface area contributed by atoms with E-state index < -0.39 is 0 Å². The summed E-state index contributed by atoms with van der Waals surface area (Å²) in [6.07, 6.45) is 14.2. The number of aromatic amines is 2. The Bertz CT molecular complexity index is 886. The number of thiol groups is 1. The quantitative estimate of drug-likeness (QED) is 0.278. The molecule has 0 fully saturated rings. The Balaban J connectivity index is 0.000000392. The van der Waals surface area contributed by atoms with E-state index in [2.05, 4.69) is 58.5 Å². The molecule has 0 unspecified atom stereocenters. The van der Waals surface area contributed by atoms with Crippen LogP contribution in [0.4, 0.5) is 0 Å². The molecular formula is C14H15Ar2BrN6S2. The first-order valence-electron chi connectivity index (χ1n) is 6.50. The van der Waals surface area contributed by atoms with Crippen molar-refractivity contribution in [2.24, 2.45) is 0 Å². The zero-order chi connectivity index (χ0) is 16.7. The summed E-state index contributed by atoms with van der Waals surface area (Å²) in [6.45, 7) is 0. The molecule has 0 atom stereocenters. The van der Waals surface area contributed by atoms with Crippen LogP contribution in [0.2, 0.25) is 0 Å². The Labute approximate surface area is 223 Å². The van der Waals surface area contributed by atoms with Gasteiger partial charge in [-0.1, -0.05) is 0 Å². The minimum absolute atomic E-state index is 0. The molecule has 4 aromatic rings. The summed E-state index contributed by atoms with van der Waals surface area (Å²) in [6, 6.07) is 0. The first-order chi connectivity index (χ1) is 11.3. The van der Waals surface area contributed by atoms with Crippen molar-refractivity contribution in [3.63, 3.8) is 0 Å². The van der Waals surface area contributed by atoms with Gasteiger partial charge in [-0.25, -0.2) is 9.97 Å². The molecule has 25 heavy (non-hydrogen) atoms. The number of fused-ring (bicyclic) bond motifs is 2. The fourth-order valence-electron chi connectivity index (χ4n) is 1.80. The molecule has 0 radical (unpaired) electrons. The fraction of sp³-hybridized carbons (Fsp3) is 0.143. The molecule has 0 aliphatic heterocycles. The monoisotopic (exact) mass is 490 g/mol. The molecule has 0 amide bonds. The predicted molar refractivity (Wildman–Crippen MR) is 102 cm³/mol. The zero-order valence-corrected chi connectivity index (χ0v) is 17.9. The summed E-state index contributed by atoms with van der Waals surface area (Å²) in [5, 5.41) is 0. The molecule has 0 aromatic carbocycles. The number of nitrogens with one attached hydrogen (secondary N) is 2. The van der Waals surface area contributed by atoms with Gasteiger partial charge in [-0.15, -0.1) is 11.8 Å². The number of rotatable bonds is 1. The van der Waals surface area contributed by atoms with E-state index in [1.54, 1.807) is 42.8 Å². The van der Waals surface area contributed by atoms with Gasteiger partial charge in [-0.2, -0.15) is 12.6 Å². The van der Waals surface area contributed by atoms with E-state index in [0.29, 0.717) is 0 Å². The van der Waals surface area contributed by atoms with Crippen LogP contribution >= 0.6 is 40.3 Å². The molecule has 4 heterocycles. The topological polar surface area (TPSA) is 83.1 Å². The third-order valence-electron chi connectivity index (χ3n) is 2.75. The number of hydrogen-bond donors (Lipinski definition) is 3. The van der Waals surface area contributed by atoms with Gasteiger partial charge in [0, 0.05) is 113 Å². The largest absolute Gasteiger partial charge is 0.344 e. The van der Waals surface area contributed by atoms with Gasteiger partial charge in [-0.05, 0) is 28.4 Å². The number of H-pyrrole nitrogens is 2. The maximum Gasteiger partial charge on any atom is 0.157 e.